The van der Waals surface area contributed by atoms with Gasteiger partial charge in [-0.25, -0.2) is 0 Å². The largest absolute Gasteiger partial charge is 0.493 e. The van der Waals surface area contributed by atoms with Gasteiger partial charge in [-0.1, -0.05) is 29.8 Å². The minimum absolute atomic E-state index is 0.257. The number of para-hydroxylation sites is 1. The van der Waals surface area contributed by atoms with Crippen LogP contribution in [0.15, 0.2) is 48.5 Å². The fourth-order valence-corrected chi connectivity index (χ4v) is 2.12. The maximum atomic E-state index is 11.8. The predicted molar refractivity (Wildman–Crippen MR) is 93.0 cm³/mol. The second-order valence-electron chi connectivity index (χ2n) is 5.23. The highest BCUT2D eigenvalue weighted by molar-refractivity contribution is 6.30. The summed E-state index contributed by atoms with van der Waals surface area (Å²) in [6.45, 7) is 2.40. The third-order valence-corrected chi connectivity index (χ3v) is 3.57. The molecule has 2 aromatic carbocycles. The molecule has 5 nitrogen and oxygen atoms in total. The summed E-state index contributed by atoms with van der Waals surface area (Å²) in [7, 11) is 0. The molecular formula is C18H19ClN2O3. The summed E-state index contributed by atoms with van der Waals surface area (Å²) in [4.78, 5) is 23.5. The molecule has 2 aromatic rings. The first-order valence-corrected chi connectivity index (χ1v) is 7.97. The second-order valence-corrected chi connectivity index (χ2v) is 5.66. The lowest BCUT2D eigenvalue weighted by Crippen LogP contribution is -2.41. The van der Waals surface area contributed by atoms with E-state index >= 15 is 0 Å². The Morgan fingerprint density at radius 2 is 1.75 bits per heavy atom. The number of ether oxygens (including phenoxy) is 1. The van der Waals surface area contributed by atoms with Crippen molar-refractivity contribution in [3.05, 3.63) is 64.7 Å². The van der Waals surface area contributed by atoms with Crippen LogP contribution in [0.25, 0.3) is 0 Å². The van der Waals surface area contributed by atoms with Gasteiger partial charge in [0.15, 0.2) is 0 Å². The van der Waals surface area contributed by atoms with Crippen molar-refractivity contribution >= 4 is 23.4 Å². The standard InChI is InChI=1S/C18H19ClN2O3/c1-13-5-2-3-6-16(13)24-12-4-7-17(22)20-21-18(23)14-8-10-15(19)11-9-14/h2-3,5-6,8-11H,4,7,12H2,1H3,(H,20,22)(H,21,23). The number of halogens is 1. The van der Waals surface area contributed by atoms with E-state index in [9.17, 15) is 9.59 Å². The number of hydrogen-bond donors (Lipinski definition) is 2. The van der Waals surface area contributed by atoms with Crippen molar-refractivity contribution < 1.29 is 14.3 Å². The number of aryl methyl sites for hydroxylation is 1. The number of carbonyl (C=O) groups excluding carboxylic acids is 2. The Balaban J connectivity index is 1.65. The summed E-state index contributed by atoms with van der Waals surface area (Å²) >= 11 is 5.76. The van der Waals surface area contributed by atoms with Crippen LogP contribution in [-0.4, -0.2) is 18.4 Å². The zero-order valence-corrected chi connectivity index (χ0v) is 14.1. The molecule has 0 saturated carbocycles. The first kappa shape index (κ1) is 17.8. The normalized spacial score (nSPS) is 10.1. The van der Waals surface area contributed by atoms with Crippen LogP contribution in [0.3, 0.4) is 0 Å². The van der Waals surface area contributed by atoms with Crippen molar-refractivity contribution in [2.24, 2.45) is 0 Å². The van der Waals surface area contributed by atoms with E-state index < -0.39 is 5.91 Å². The van der Waals surface area contributed by atoms with E-state index in [0.29, 0.717) is 23.6 Å². The molecule has 0 saturated heterocycles. The molecule has 0 atom stereocenters. The molecule has 6 heteroatoms. The van der Waals surface area contributed by atoms with Gasteiger partial charge >= 0.3 is 0 Å². The lowest BCUT2D eigenvalue weighted by molar-refractivity contribution is -0.122. The van der Waals surface area contributed by atoms with Gasteiger partial charge in [-0.15, -0.1) is 0 Å². The highest BCUT2D eigenvalue weighted by atomic mass is 35.5. The Morgan fingerprint density at radius 3 is 2.46 bits per heavy atom. The molecule has 0 radical (unpaired) electrons. The summed E-state index contributed by atoms with van der Waals surface area (Å²) in [5, 5.41) is 0.546. The van der Waals surface area contributed by atoms with Crippen molar-refractivity contribution in [3.8, 4) is 5.75 Å². The Morgan fingerprint density at radius 1 is 1.04 bits per heavy atom. The van der Waals surface area contributed by atoms with Gasteiger partial charge in [0.25, 0.3) is 5.91 Å². The van der Waals surface area contributed by atoms with Crippen molar-refractivity contribution in [3.63, 3.8) is 0 Å². The van der Waals surface area contributed by atoms with Crippen LogP contribution >= 0.6 is 11.6 Å². The highest BCUT2D eigenvalue weighted by Crippen LogP contribution is 2.16. The Labute approximate surface area is 145 Å². The van der Waals surface area contributed by atoms with Gasteiger partial charge in [0, 0.05) is 17.0 Å². The minimum Gasteiger partial charge on any atom is -0.493 e. The molecule has 0 heterocycles. The van der Waals surface area contributed by atoms with Gasteiger partial charge in [0.2, 0.25) is 5.91 Å². The fraction of sp³-hybridized carbons (Fsp3) is 0.222. The first-order chi connectivity index (χ1) is 11.6. The number of carbonyl (C=O) groups is 2. The second kappa shape index (κ2) is 8.93. The van der Waals surface area contributed by atoms with E-state index in [2.05, 4.69) is 10.9 Å². The van der Waals surface area contributed by atoms with Crippen molar-refractivity contribution in [2.45, 2.75) is 19.8 Å². The zero-order valence-electron chi connectivity index (χ0n) is 13.3. The van der Waals surface area contributed by atoms with E-state index in [4.69, 9.17) is 16.3 Å². The molecule has 24 heavy (non-hydrogen) atoms. The zero-order chi connectivity index (χ0) is 17.4. The molecule has 2 N–H and O–H groups in total. The molecule has 0 unspecified atom stereocenters. The highest BCUT2D eigenvalue weighted by Gasteiger charge is 2.07. The van der Waals surface area contributed by atoms with Crippen LogP contribution in [0.1, 0.15) is 28.8 Å². The molecule has 2 rings (SSSR count). The van der Waals surface area contributed by atoms with Gasteiger partial charge in [-0.05, 0) is 49.2 Å². The monoisotopic (exact) mass is 346 g/mol. The number of hydrazine groups is 1. The summed E-state index contributed by atoms with van der Waals surface area (Å²) < 4.78 is 5.61. The van der Waals surface area contributed by atoms with Crippen molar-refractivity contribution in [1.82, 2.24) is 10.9 Å². The average Bonchev–Trinajstić information content (AvgIpc) is 2.58. The van der Waals surface area contributed by atoms with Crippen LogP contribution in [0.5, 0.6) is 5.75 Å². The van der Waals surface area contributed by atoms with E-state index in [-0.39, 0.29) is 12.3 Å². The van der Waals surface area contributed by atoms with Crippen molar-refractivity contribution in [2.75, 3.05) is 6.61 Å². The van der Waals surface area contributed by atoms with Gasteiger partial charge in [0.1, 0.15) is 5.75 Å². The summed E-state index contributed by atoms with van der Waals surface area (Å²) in [5.41, 5.74) is 6.21. The molecule has 0 aliphatic rings. The fourth-order valence-electron chi connectivity index (χ4n) is 2.00. The quantitative estimate of drug-likeness (QED) is 0.623. The van der Waals surface area contributed by atoms with E-state index in [1.807, 2.05) is 31.2 Å². The van der Waals surface area contributed by atoms with Crippen LogP contribution in [-0.2, 0) is 4.79 Å². The van der Waals surface area contributed by atoms with E-state index in [1.54, 1.807) is 24.3 Å². The van der Waals surface area contributed by atoms with Gasteiger partial charge in [-0.2, -0.15) is 0 Å². The Bertz CT molecular complexity index is 702. The van der Waals surface area contributed by atoms with Gasteiger partial charge in [-0.3, -0.25) is 20.4 Å². The Kier molecular flexibility index (Phi) is 6.63. The van der Waals surface area contributed by atoms with Crippen LogP contribution in [0.4, 0.5) is 0 Å². The average molecular weight is 347 g/mol. The minimum atomic E-state index is -0.392. The third kappa shape index (κ3) is 5.59. The number of hydrogen-bond acceptors (Lipinski definition) is 3. The van der Waals surface area contributed by atoms with Gasteiger partial charge in [0.05, 0.1) is 6.61 Å². The molecule has 0 aliphatic heterocycles. The number of amides is 2. The summed E-state index contributed by atoms with van der Waals surface area (Å²) in [6, 6.07) is 14.1. The molecule has 0 spiro atoms. The third-order valence-electron chi connectivity index (χ3n) is 3.32. The van der Waals surface area contributed by atoms with Crippen LogP contribution < -0.4 is 15.6 Å². The smallest absolute Gasteiger partial charge is 0.269 e. The lowest BCUT2D eigenvalue weighted by atomic mass is 10.2. The topological polar surface area (TPSA) is 67.4 Å². The number of benzene rings is 2. The van der Waals surface area contributed by atoms with E-state index in [1.165, 1.54) is 0 Å². The molecule has 0 aromatic heterocycles. The van der Waals surface area contributed by atoms with Crippen LogP contribution in [0, 0.1) is 6.92 Å². The molecular weight excluding hydrogens is 328 g/mol. The lowest BCUT2D eigenvalue weighted by Gasteiger charge is -2.09. The SMILES string of the molecule is Cc1ccccc1OCCCC(=O)NNC(=O)c1ccc(Cl)cc1. The van der Waals surface area contributed by atoms with Crippen molar-refractivity contribution in [1.29, 1.82) is 0 Å². The summed E-state index contributed by atoms with van der Waals surface area (Å²) in [5.74, 6) is 0.149. The van der Waals surface area contributed by atoms with E-state index in [0.717, 1.165) is 11.3 Å². The molecule has 0 fully saturated rings. The predicted octanol–water partition coefficient (Wildman–Crippen LogP) is 3.27. The van der Waals surface area contributed by atoms with Crippen LogP contribution in [0.2, 0.25) is 5.02 Å². The molecule has 2 amide bonds. The number of nitrogens with one attached hydrogen (secondary N) is 2. The Hall–Kier alpha value is -2.53. The van der Waals surface area contributed by atoms with Gasteiger partial charge < -0.3 is 4.74 Å². The molecule has 0 aliphatic carbocycles. The number of rotatable bonds is 6. The first-order valence-electron chi connectivity index (χ1n) is 7.59. The maximum absolute atomic E-state index is 11.8. The molecule has 0 bridgehead atoms. The summed E-state index contributed by atoms with van der Waals surface area (Å²) in [6.07, 6.45) is 0.809. The molecule has 126 valence electrons. The maximum Gasteiger partial charge on any atom is 0.269 e.